The maximum Gasteiger partial charge on any atom is 0.230 e. The highest BCUT2D eigenvalue weighted by Crippen LogP contribution is 2.27. The molecular formula is C30H40ClFN4O2. The molecule has 2 heterocycles. The standard InChI is InChI=1S/C30H40ClFN4O2/c1-23-5-10-28(21-29(23)31)36(30(38)26-11-17-35(18-12-26)24(2)37)16-4-14-33-13-3-15-34(20-19-33)22-25-6-8-27(32)9-7-25/h5-10,21,26H,3-4,11-20,22H2,1-2H3. The molecule has 0 bridgehead atoms. The summed E-state index contributed by atoms with van der Waals surface area (Å²) in [5.41, 5.74) is 2.98. The maximum atomic E-state index is 13.7. The SMILES string of the molecule is CC(=O)N1CCC(C(=O)N(CCCN2CCCN(Cc3ccc(F)cc3)CC2)c2ccc(C)c(Cl)c2)CC1. The summed E-state index contributed by atoms with van der Waals surface area (Å²) in [4.78, 5) is 34.1. The Morgan fingerprint density at radius 3 is 2.34 bits per heavy atom. The highest BCUT2D eigenvalue weighted by molar-refractivity contribution is 6.31. The van der Waals surface area contributed by atoms with E-state index in [0.29, 0.717) is 37.5 Å². The third kappa shape index (κ3) is 7.78. The third-order valence-electron chi connectivity index (χ3n) is 7.88. The van der Waals surface area contributed by atoms with Gasteiger partial charge in [-0.2, -0.15) is 0 Å². The van der Waals surface area contributed by atoms with E-state index in [1.54, 1.807) is 6.92 Å². The number of likely N-dealkylation sites (tertiary alicyclic amines) is 1. The minimum absolute atomic E-state index is 0.0757. The predicted molar refractivity (Wildman–Crippen MR) is 151 cm³/mol. The smallest absolute Gasteiger partial charge is 0.230 e. The van der Waals surface area contributed by atoms with E-state index in [-0.39, 0.29) is 23.5 Å². The second-order valence-electron chi connectivity index (χ2n) is 10.7. The molecule has 0 saturated carbocycles. The van der Waals surface area contributed by atoms with Crippen LogP contribution in [-0.4, -0.2) is 78.9 Å². The van der Waals surface area contributed by atoms with Crippen LogP contribution in [0.1, 0.15) is 43.7 Å². The zero-order valence-electron chi connectivity index (χ0n) is 22.7. The molecule has 2 aromatic carbocycles. The fourth-order valence-electron chi connectivity index (χ4n) is 5.48. The number of nitrogens with zero attached hydrogens (tertiary/aromatic N) is 4. The van der Waals surface area contributed by atoms with Gasteiger partial charge in [0.25, 0.3) is 0 Å². The molecule has 0 atom stereocenters. The summed E-state index contributed by atoms with van der Waals surface area (Å²) in [6.07, 6.45) is 3.36. The average Bonchev–Trinajstić information content (AvgIpc) is 3.14. The van der Waals surface area contributed by atoms with Crippen molar-refractivity contribution in [2.24, 2.45) is 5.92 Å². The molecule has 206 valence electrons. The minimum atomic E-state index is -0.197. The van der Waals surface area contributed by atoms with E-state index in [4.69, 9.17) is 11.6 Å². The number of amides is 2. The van der Waals surface area contributed by atoms with Crippen molar-refractivity contribution < 1.29 is 14.0 Å². The van der Waals surface area contributed by atoms with E-state index in [0.717, 1.165) is 68.9 Å². The van der Waals surface area contributed by atoms with E-state index in [1.165, 1.54) is 12.1 Å². The van der Waals surface area contributed by atoms with Crippen molar-refractivity contribution in [2.75, 3.05) is 57.3 Å². The van der Waals surface area contributed by atoms with E-state index >= 15 is 0 Å². The van der Waals surface area contributed by atoms with Gasteiger partial charge in [0.05, 0.1) is 0 Å². The van der Waals surface area contributed by atoms with E-state index in [2.05, 4.69) is 9.80 Å². The van der Waals surface area contributed by atoms with Gasteiger partial charge in [-0.1, -0.05) is 29.8 Å². The topological polar surface area (TPSA) is 47.1 Å². The highest BCUT2D eigenvalue weighted by atomic mass is 35.5. The molecule has 0 spiro atoms. The van der Waals surface area contributed by atoms with Crippen molar-refractivity contribution in [1.82, 2.24) is 14.7 Å². The number of hydrogen-bond donors (Lipinski definition) is 0. The lowest BCUT2D eigenvalue weighted by atomic mass is 9.94. The fourth-order valence-corrected chi connectivity index (χ4v) is 5.66. The number of halogens is 2. The molecule has 8 heteroatoms. The van der Waals surface area contributed by atoms with Crippen LogP contribution in [0, 0.1) is 18.7 Å². The summed E-state index contributed by atoms with van der Waals surface area (Å²) in [5.74, 6) is -0.0668. The summed E-state index contributed by atoms with van der Waals surface area (Å²) < 4.78 is 13.2. The summed E-state index contributed by atoms with van der Waals surface area (Å²) in [6, 6.07) is 12.7. The van der Waals surface area contributed by atoms with Gasteiger partial charge in [0.2, 0.25) is 11.8 Å². The molecule has 4 rings (SSSR count). The zero-order chi connectivity index (χ0) is 27.1. The number of piperidine rings is 1. The molecule has 0 aliphatic carbocycles. The van der Waals surface area contributed by atoms with Crippen molar-refractivity contribution in [3.05, 3.63) is 64.4 Å². The number of benzene rings is 2. The Balaban J connectivity index is 1.33. The van der Waals surface area contributed by atoms with Crippen LogP contribution < -0.4 is 4.90 Å². The minimum Gasteiger partial charge on any atom is -0.343 e. The molecule has 2 saturated heterocycles. The number of carbonyl (C=O) groups is 2. The lowest BCUT2D eigenvalue weighted by Gasteiger charge is -2.34. The molecule has 0 radical (unpaired) electrons. The van der Waals surface area contributed by atoms with Gasteiger partial charge in [0, 0.05) is 62.8 Å². The fraction of sp³-hybridized carbons (Fsp3) is 0.533. The quantitative estimate of drug-likeness (QED) is 0.472. The molecule has 0 N–H and O–H groups in total. The molecule has 6 nitrogen and oxygen atoms in total. The number of anilines is 1. The molecule has 2 aromatic rings. The van der Waals surface area contributed by atoms with Crippen molar-refractivity contribution in [2.45, 2.75) is 46.1 Å². The van der Waals surface area contributed by atoms with Crippen molar-refractivity contribution >= 4 is 29.1 Å². The largest absolute Gasteiger partial charge is 0.343 e. The lowest BCUT2D eigenvalue weighted by Crippen LogP contribution is -2.44. The maximum absolute atomic E-state index is 13.7. The number of carbonyl (C=O) groups excluding carboxylic acids is 2. The van der Waals surface area contributed by atoms with E-state index in [9.17, 15) is 14.0 Å². The Morgan fingerprint density at radius 2 is 1.66 bits per heavy atom. The van der Waals surface area contributed by atoms with Gasteiger partial charge in [-0.05, 0) is 87.6 Å². The molecule has 2 fully saturated rings. The predicted octanol–water partition coefficient (Wildman–Crippen LogP) is 4.98. The second kappa shape index (κ2) is 13.5. The Morgan fingerprint density at radius 1 is 0.974 bits per heavy atom. The molecular weight excluding hydrogens is 503 g/mol. The number of aryl methyl sites for hydroxylation is 1. The van der Waals surface area contributed by atoms with Crippen molar-refractivity contribution in [3.63, 3.8) is 0 Å². The van der Waals surface area contributed by atoms with Gasteiger partial charge in [-0.3, -0.25) is 14.5 Å². The van der Waals surface area contributed by atoms with Gasteiger partial charge in [0.1, 0.15) is 5.82 Å². The van der Waals surface area contributed by atoms with Crippen LogP contribution in [0.25, 0.3) is 0 Å². The van der Waals surface area contributed by atoms with Crippen LogP contribution in [-0.2, 0) is 16.1 Å². The lowest BCUT2D eigenvalue weighted by molar-refractivity contribution is -0.133. The number of hydrogen-bond acceptors (Lipinski definition) is 4. The second-order valence-corrected chi connectivity index (χ2v) is 11.1. The van der Waals surface area contributed by atoms with Crippen molar-refractivity contribution in [1.29, 1.82) is 0 Å². The molecule has 38 heavy (non-hydrogen) atoms. The summed E-state index contributed by atoms with van der Waals surface area (Å²) in [5, 5.41) is 0.667. The monoisotopic (exact) mass is 542 g/mol. The molecule has 0 aromatic heterocycles. The molecule has 0 unspecified atom stereocenters. The highest BCUT2D eigenvalue weighted by Gasteiger charge is 2.30. The van der Waals surface area contributed by atoms with Crippen LogP contribution in [0.3, 0.4) is 0 Å². The van der Waals surface area contributed by atoms with Crippen LogP contribution in [0.5, 0.6) is 0 Å². The number of rotatable bonds is 8. The first-order valence-electron chi connectivity index (χ1n) is 13.8. The van der Waals surface area contributed by atoms with Crippen LogP contribution in [0.4, 0.5) is 10.1 Å². The average molecular weight is 543 g/mol. The Bertz CT molecular complexity index is 1090. The first-order valence-corrected chi connectivity index (χ1v) is 14.2. The first kappa shape index (κ1) is 28.5. The molecule has 2 amide bonds. The summed E-state index contributed by atoms with van der Waals surface area (Å²) >= 11 is 6.44. The van der Waals surface area contributed by atoms with Gasteiger partial charge in [-0.25, -0.2) is 4.39 Å². The van der Waals surface area contributed by atoms with Crippen LogP contribution >= 0.6 is 11.6 Å². The van der Waals surface area contributed by atoms with Gasteiger partial charge >= 0.3 is 0 Å². The van der Waals surface area contributed by atoms with Crippen LogP contribution in [0.15, 0.2) is 42.5 Å². The first-order chi connectivity index (χ1) is 18.3. The van der Waals surface area contributed by atoms with Gasteiger partial charge < -0.3 is 14.7 Å². The van der Waals surface area contributed by atoms with E-state index in [1.807, 2.05) is 47.1 Å². The van der Waals surface area contributed by atoms with Crippen LogP contribution in [0.2, 0.25) is 5.02 Å². The normalized spacial score (nSPS) is 17.8. The van der Waals surface area contributed by atoms with Gasteiger partial charge in [-0.15, -0.1) is 0 Å². The summed E-state index contributed by atoms with van der Waals surface area (Å²) in [6.45, 7) is 11.3. The Hall–Kier alpha value is -2.48. The van der Waals surface area contributed by atoms with Crippen molar-refractivity contribution in [3.8, 4) is 0 Å². The molecule has 2 aliphatic heterocycles. The zero-order valence-corrected chi connectivity index (χ0v) is 23.4. The third-order valence-corrected chi connectivity index (χ3v) is 8.29. The Kier molecular flexibility index (Phi) is 10.2. The Labute approximate surface area is 231 Å². The van der Waals surface area contributed by atoms with E-state index < -0.39 is 0 Å². The molecule has 2 aliphatic rings. The van der Waals surface area contributed by atoms with Gasteiger partial charge in [0.15, 0.2) is 0 Å². The summed E-state index contributed by atoms with van der Waals surface area (Å²) in [7, 11) is 0.